The Bertz CT molecular complexity index is 1330. The number of fused-ring (bicyclic) bond motifs is 2. The van der Waals surface area contributed by atoms with Crippen LogP contribution < -0.4 is 10.1 Å². The van der Waals surface area contributed by atoms with Crippen molar-refractivity contribution in [2.45, 2.75) is 24.1 Å². The van der Waals surface area contributed by atoms with Gasteiger partial charge < -0.3 is 10.1 Å². The zero-order valence-electron chi connectivity index (χ0n) is 18.8. The molecule has 1 amide bonds. The summed E-state index contributed by atoms with van der Waals surface area (Å²) in [6.45, 7) is 0.478. The fourth-order valence-corrected chi connectivity index (χ4v) is 5.32. The lowest BCUT2D eigenvalue weighted by Crippen LogP contribution is -2.54. The second-order valence-corrected chi connectivity index (χ2v) is 8.77. The molecule has 0 radical (unpaired) electrons. The van der Waals surface area contributed by atoms with Crippen molar-refractivity contribution in [1.82, 2.24) is 4.90 Å². The first kappa shape index (κ1) is 22.5. The zero-order valence-corrected chi connectivity index (χ0v) is 18.8. The highest BCUT2D eigenvalue weighted by Gasteiger charge is 2.68. The summed E-state index contributed by atoms with van der Waals surface area (Å²) in [6.07, 6.45) is 0. The molecule has 35 heavy (non-hydrogen) atoms. The number of anilines is 1. The van der Waals surface area contributed by atoms with E-state index >= 15 is 0 Å². The van der Waals surface area contributed by atoms with Gasteiger partial charge in [0, 0.05) is 34.9 Å². The maximum Gasteiger partial charge on any atom is 0.269 e. The number of carbonyl (C=O) groups excluding carboxylic acids is 1. The van der Waals surface area contributed by atoms with Gasteiger partial charge in [-0.25, -0.2) is 0 Å². The lowest BCUT2D eigenvalue weighted by Gasteiger charge is -2.30. The van der Waals surface area contributed by atoms with Crippen LogP contribution in [0.1, 0.15) is 22.6 Å². The Morgan fingerprint density at radius 2 is 1.80 bits per heavy atom. The molecule has 10 nitrogen and oxygen atoms in total. The van der Waals surface area contributed by atoms with E-state index in [1.54, 1.807) is 72.6 Å². The molecule has 3 atom stereocenters. The van der Waals surface area contributed by atoms with Crippen LogP contribution in [0.25, 0.3) is 0 Å². The van der Waals surface area contributed by atoms with E-state index in [0.29, 0.717) is 29.1 Å². The molecule has 1 N–H and O–H groups in total. The summed E-state index contributed by atoms with van der Waals surface area (Å²) in [5.41, 5.74) is 1.21. The Morgan fingerprint density at radius 1 is 1.06 bits per heavy atom. The van der Waals surface area contributed by atoms with Gasteiger partial charge in [-0.2, -0.15) is 0 Å². The molecule has 2 aliphatic rings. The van der Waals surface area contributed by atoms with Crippen molar-refractivity contribution in [2.24, 2.45) is 0 Å². The Kier molecular flexibility index (Phi) is 5.45. The summed E-state index contributed by atoms with van der Waals surface area (Å²) in [5, 5.41) is 26.2. The maximum absolute atomic E-state index is 13.2. The average molecular weight is 474 g/mol. The highest BCUT2D eigenvalue weighted by atomic mass is 16.6. The van der Waals surface area contributed by atoms with E-state index in [1.807, 2.05) is 0 Å². The number of likely N-dealkylation sites (N-methyl/N-ethyl adjacent to an activating group) is 1. The number of para-hydroxylation sites is 1. The standard InChI is InChI=1S/C25H22N4O6/c1-27-14-20(23(29(33)34)25(27)21-7-2-3-8-22(21)26-24(25)30)17-9-11-19(12-10-17)35-15-16-5-4-6-18(13-16)28(31)32/h2-13,20,23H,14-15H2,1H3,(H,26,30)/t20-,23+,25+/m1/s1. The minimum Gasteiger partial charge on any atom is -0.489 e. The number of rotatable bonds is 6. The minimum absolute atomic E-state index is 0.0101. The third kappa shape index (κ3) is 3.58. The smallest absolute Gasteiger partial charge is 0.269 e. The molecule has 10 heteroatoms. The molecule has 0 aliphatic carbocycles. The second kappa shape index (κ2) is 8.48. The van der Waals surface area contributed by atoms with Crippen molar-refractivity contribution in [2.75, 3.05) is 18.9 Å². The van der Waals surface area contributed by atoms with E-state index in [1.165, 1.54) is 12.1 Å². The first-order valence-corrected chi connectivity index (χ1v) is 11.0. The number of carbonyl (C=O) groups is 1. The SMILES string of the molecule is CN1C[C@H](c2ccc(OCc3cccc([N+](=O)[O-])c3)cc2)[C@H]([N+](=O)[O-])[C@@]12C(=O)Nc1ccccc12. The van der Waals surface area contributed by atoms with Crippen molar-refractivity contribution in [1.29, 1.82) is 0 Å². The van der Waals surface area contributed by atoms with E-state index in [9.17, 15) is 25.0 Å². The number of nitro groups is 2. The molecule has 5 rings (SSSR count). The predicted octanol–water partition coefficient (Wildman–Crippen LogP) is 3.70. The topological polar surface area (TPSA) is 128 Å². The van der Waals surface area contributed by atoms with Crippen molar-refractivity contribution < 1.29 is 19.4 Å². The maximum atomic E-state index is 13.2. The first-order chi connectivity index (χ1) is 16.8. The van der Waals surface area contributed by atoms with Gasteiger partial charge >= 0.3 is 0 Å². The molecule has 0 aromatic heterocycles. The number of benzene rings is 3. The van der Waals surface area contributed by atoms with Gasteiger partial charge in [-0.1, -0.05) is 42.5 Å². The largest absolute Gasteiger partial charge is 0.489 e. The predicted molar refractivity (Wildman–Crippen MR) is 127 cm³/mol. The number of non-ortho nitro benzene ring substituents is 1. The van der Waals surface area contributed by atoms with E-state index < -0.39 is 22.4 Å². The van der Waals surface area contributed by atoms with Gasteiger partial charge in [0.1, 0.15) is 12.4 Å². The van der Waals surface area contributed by atoms with Gasteiger partial charge in [-0.3, -0.25) is 29.9 Å². The van der Waals surface area contributed by atoms with E-state index in [4.69, 9.17) is 4.74 Å². The molecule has 3 aromatic rings. The van der Waals surface area contributed by atoms with Gasteiger partial charge in [0.25, 0.3) is 17.6 Å². The number of nitrogens with zero attached hydrogens (tertiary/aromatic N) is 3. The number of nitrogens with one attached hydrogen (secondary N) is 1. The molecule has 2 heterocycles. The Hall–Kier alpha value is -4.31. The number of hydrogen-bond acceptors (Lipinski definition) is 7. The monoisotopic (exact) mass is 474 g/mol. The van der Waals surface area contributed by atoms with E-state index in [0.717, 1.165) is 5.56 Å². The van der Waals surface area contributed by atoms with Crippen molar-refractivity contribution in [3.63, 3.8) is 0 Å². The lowest BCUT2D eigenvalue weighted by atomic mass is 9.79. The molecule has 0 bridgehead atoms. The molecule has 3 aromatic carbocycles. The molecule has 1 saturated heterocycles. The van der Waals surface area contributed by atoms with Crippen molar-refractivity contribution >= 4 is 17.3 Å². The number of likely N-dealkylation sites (tertiary alicyclic amines) is 1. The van der Waals surface area contributed by atoms with Gasteiger partial charge in [0.2, 0.25) is 0 Å². The molecule has 0 unspecified atom stereocenters. The number of nitro benzene ring substituents is 1. The summed E-state index contributed by atoms with van der Waals surface area (Å²) >= 11 is 0. The zero-order chi connectivity index (χ0) is 24.7. The highest BCUT2D eigenvalue weighted by molar-refractivity contribution is 6.06. The molecule has 2 aliphatic heterocycles. The van der Waals surface area contributed by atoms with Crippen LogP contribution in [0.5, 0.6) is 5.75 Å². The highest BCUT2D eigenvalue weighted by Crippen LogP contribution is 2.51. The fourth-order valence-electron chi connectivity index (χ4n) is 5.32. The van der Waals surface area contributed by atoms with E-state index in [-0.39, 0.29) is 23.1 Å². The van der Waals surface area contributed by atoms with Gasteiger partial charge in [0.05, 0.1) is 10.8 Å². The van der Waals surface area contributed by atoms with E-state index in [2.05, 4.69) is 5.32 Å². The van der Waals surface area contributed by atoms with Crippen LogP contribution in [0, 0.1) is 20.2 Å². The van der Waals surface area contributed by atoms with Crippen LogP contribution in [0.2, 0.25) is 0 Å². The summed E-state index contributed by atoms with van der Waals surface area (Å²) in [5.74, 6) is -0.372. The fraction of sp³-hybridized carbons (Fsp3) is 0.240. The molecular formula is C25H22N4O6. The van der Waals surface area contributed by atoms with Crippen LogP contribution >= 0.6 is 0 Å². The summed E-state index contributed by atoms with van der Waals surface area (Å²) in [7, 11) is 1.74. The number of amides is 1. The van der Waals surface area contributed by atoms with Crippen LogP contribution in [0.4, 0.5) is 11.4 Å². The van der Waals surface area contributed by atoms with Crippen molar-refractivity contribution in [3.8, 4) is 5.75 Å². The minimum atomic E-state index is -1.39. The van der Waals surface area contributed by atoms with Gasteiger partial charge in [0.15, 0.2) is 5.54 Å². The third-order valence-corrected chi connectivity index (χ3v) is 6.88. The van der Waals surface area contributed by atoms with Crippen LogP contribution in [-0.4, -0.2) is 40.3 Å². The Balaban J connectivity index is 1.40. The van der Waals surface area contributed by atoms with Crippen LogP contribution in [0.15, 0.2) is 72.8 Å². The number of ether oxygens (including phenoxy) is 1. The molecule has 178 valence electrons. The summed E-state index contributed by atoms with van der Waals surface area (Å²) in [6, 6.07) is 19.1. The van der Waals surface area contributed by atoms with Crippen LogP contribution in [0.3, 0.4) is 0 Å². The molecule has 1 fully saturated rings. The molecule has 0 saturated carbocycles. The Labute approximate surface area is 200 Å². The molecular weight excluding hydrogens is 452 g/mol. The van der Waals surface area contributed by atoms with Crippen LogP contribution in [-0.2, 0) is 16.9 Å². The normalized spacial score (nSPS) is 23.2. The second-order valence-electron chi connectivity index (χ2n) is 8.77. The first-order valence-electron chi connectivity index (χ1n) is 11.0. The number of hydrogen-bond donors (Lipinski definition) is 1. The van der Waals surface area contributed by atoms with Crippen molar-refractivity contribution in [3.05, 3.63) is 110 Å². The van der Waals surface area contributed by atoms with Gasteiger partial charge in [-0.05, 0) is 36.4 Å². The lowest BCUT2D eigenvalue weighted by molar-refractivity contribution is -0.534. The average Bonchev–Trinajstić information content (AvgIpc) is 3.33. The molecule has 1 spiro atoms. The van der Waals surface area contributed by atoms with Gasteiger partial charge in [-0.15, -0.1) is 0 Å². The third-order valence-electron chi connectivity index (χ3n) is 6.88. The summed E-state index contributed by atoms with van der Waals surface area (Å²) in [4.78, 5) is 37.5. The quantitative estimate of drug-likeness (QED) is 0.426. The summed E-state index contributed by atoms with van der Waals surface area (Å²) < 4.78 is 5.77. The Morgan fingerprint density at radius 3 is 2.51 bits per heavy atom.